The van der Waals surface area contributed by atoms with Crippen LogP contribution in [-0.4, -0.2) is 0 Å². The molecule has 0 aliphatic heterocycles. The molecule has 11 rings (SSSR count). The smallest absolute Gasteiger partial charge is 0.0540 e. The van der Waals surface area contributed by atoms with Gasteiger partial charge in [0.25, 0.3) is 0 Å². The number of nitrogens with zero attached hydrogens (tertiary/aromatic N) is 1. The first kappa shape index (κ1) is 36.8. The number of hydrogen-bond acceptors (Lipinski definition) is 1. The predicted octanol–water partition coefficient (Wildman–Crippen LogP) is 16.4. The molecule has 2 aliphatic carbocycles. The van der Waals surface area contributed by atoms with E-state index in [1.165, 1.54) is 89.0 Å². The molecule has 0 N–H and O–H groups in total. The van der Waals surface area contributed by atoms with Crippen LogP contribution in [0.5, 0.6) is 0 Å². The Balaban J connectivity index is 1.14. The van der Waals surface area contributed by atoms with Crippen LogP contribution < -0.4 is 4.90 Å². The number of para-hydroxylation sites is 3. The van der Waals surface area contributed by atoms with Crippen molar-refractivity contribution in [3.63, 3.8) is 0 Å². The highest BCUT2D eigenvalue weighted by Gasteiger charge is 2.39. The van der Waals surface area contributed by atoms with Crippen molar-refractivity contribution < 1.29 is 0 Å². The van der Waals surface area contributed by atoms with Crippen LogP contribution >= 0.6 is 0 Å². The molecule has 0 saturated carbocycles. The lowest BCUT2D eigenvalue weighted by molar-refractivity contribution is 0.660. The number of benzene rings is 9. The van der Waals surface area contributed by atoms with Gasteiger partial charge in [0.2, 0.25) is 0 Å². The summed E-state index contributed by atoms with van der Waals surface area (Å²) in [4.78, 5) is 2.53. The minimum absolute atomic E-state index is 0.111. The fourth-order valence-electron chi connectivity index (χ4n) is 10.5. The molecule has 0 radical (unpaired) electrons. The molecule has 61 heavy (non-hydrogen) atoms. The monoisotopic (exact) mass is 781 g/mol. The van der Waals surface area contributed by atoms with Crippen molar-refractivity contribution >= 4 is 17.1 Å². The summed E-state index contributed by atoms with van der Waals surface area (Å²) >= 11 is 0. The summed E-state index contributed by atoms with van der Waals surface area (Å²) < 4.78 is 0. The zero-order valence-corrected chi connectivity index (χ0v) is 35.2. The Bertz CT molecular complexity index is 3130. The minimum Gasteiger partial charge on any atom is -0.309 e. The van der Waals surface area contributed by atoms with E-state index in [0.29, 0.717) is 0 Å². The summed E-state index contributed by atoms with van der Waals surface area (Å²) in [5.74, 6) is 0. The Hall–Kier alpha value is -7.22. The molecule has 1 nitrogen and oxygen atoms in total. The lowest BCUT2D eigenvalue weighted by Gasteiger charge is -2.33. The van der Waals surface area contributed by atoms with Gasteiger partial charge >= 0.3 is 0 Å². The van der Waals surface area contributed by atoms with Gasteiger partial charge in [0.15, 0.2) is 0 Å². The number of hydrogen-bond donors (Lipinski definition) is 0. The van der Waals surface area contributed by atoms with Crippen LogP contribution in [0.2, 0.25) is 0 Å². The van der Waals surface area contributed by atoms with Gasteiger partial charge in [0.05, 0.1) is 17.1 Å². The van der Waals surface area contributed by atoms with Gasteiger partial charge in [0.1, 0.15) is 0 Å². The molecule has 0 fully saturated rings. The van der Waals surface area contributed by atoms with Gasteiger partial charge in [0, 0.05) is 27.5 Å². The van der Waals surface area contributed by atoms with Crippen molar-refractivity contribution in [1.82, 2.24) is 0 Å². The second-order valence-electron chi connectivity index (χ2n) is 17.7. The first-order valence-corrected chi connectivity index (χ1v) is 21.5. The highest BCUT2D eigenvalue weighted by molar-refractivity contribution is 6.00. The highest BCUT2D eigenvalue weighted by atomic mass is 15.1. The quantitative estimate of drug-likeness (QED) is 0.156. The predicted molar refractivity (Wildman–Crippen MR) is 258 cm³/mol. The van der Waals surface area contributed by atoms with Crippen molar-refractivity contribution in [3.8, 4) is 66.8 Å². The van der Waals surface area contributed by atoms with E-state index < -0.39 is 0 Å². The molecule has 0 aromatic heterocycles. The van der Waals surface area contributed by atoms with E-state index in [4.69, 9.17) is 0 Å². The second kappa shape index (κ2) is 14.2. The van der Waals surface area contributed by atoms with Crippen LogP contribution in [0.4, 0.5) is 17.1 Å². The molecule has 0 atom stereocenters. The van der Waals surface area contributed by atoms with Crippen LogP contribution in [0.25, 0.3) is 66.8 Å². The maximum Gasteiger partial charge on any atom is 0.0540 e. The van der Waals surface area contributed by atoms with Gasteiger partial charge in [-0.1, -0.05) is 216 Å². The fourth-order valence-corrected chi connectivity index (χ4v) is 10.5. The van der Waals surface area contributed by atoms with E-state index >= 15 is 0 Å². The number of fused-ring (bicyclic) bond motifs is 6. The summed E-state index contributed by atoms with van der Waals surface area (Å²) in [6, 6.07) is 78.6. The molecule has 0 amide bonds. The molecule has 0 saturated heterocycles. The summed E-state index contributed by atoms with van der Waals surface area (Å²) in [7, 11) is 0. The third kappa shape index (κ3) is 5.83. The van der Waals surface area contributed by atoms with E-state index in [1.54, 1.807) is 0 Å². The number of anilines is 3. The first-order valence-electron chi connectivity index (χ1n) is 21.5. The van der Waals surface area contributed by atoms with Crippen molar-refractivity contribution in [3.05, 3.63) is 235 Å². The van der Waals surface area contributed by atoms with Crippen molar-refractivity contribution in [2.75, 3.05) is 4.90 Å². The van der Waals surface area contributed by atoms with E-state index in [9.17, 15) is 0 Å². The van der Waals surface area contributed by atoms with Crippen molar-refractivity contribution in [2.24, 2.45) is 0 Å². The zero-order valence-electron chi connectivity index (χ0n) is 35.2. The summed E-state index contributed by atoms with van der Waals surface area (Å²) in [6.45, 7) is 9.51. The molecule has 0 spiro atoms. The molecule has 9 aromatic carbocycles. The molecule has 2 aliphatic rings. The average molecular weight is 782 g/mol. The third-order valence-electron chi connectivity index (χ3n) is 13.5. The average Bonchev–Trinajstić information content (AvgIpc) is 3.69. The number of rotatable bonds is 7. The Labute approximate surface area is 360 Å². The topological polar surface area (TPSA) is 3.24 Å². The molecule has 292 valence electrons. The molecule has 0 heterocycles. The van der Waals surface area contributed by atoms with E-state index in [0.717, 1.165) is 17.1 Å². The molecule has 0 bridgehead atoms. The van der Waals surface area contributed by atoms with Crippen LogP contribution in [0.15, 0.2) is 212 Å². The van der Waals surface area contributed by atoms with E-state index in [-0.39, 0.29) is 10.8 Å². The van der Waals surface area contributed by atoms with Crippen LogP contribution in [0.1, 0.15) is 49.9 Å². The van der Waals surface area contributed by atoms with Crippen LogP contribution in [-0.2, 0) is 10.8 Å². The largest absolute Gasteiger partial charge is 0.309 e. The Morgan fingerprint density at radius 1 is 0.262 bits per heavy atom. The molecule has 0 unspecified atom stereocenters. The molecule has 9 aromatic rings. The van der Waals surface area contributed by atoms with Crippen molar-refractivity contribution in [2.45, 2.75) is 38.5 Å². The maximum absolute atomic E-state index is 2.53. The summed E-state index contributed by atoms with van der Waals surface area (Å²) in [5.41, 5.74) is 23.6. The summed E-state index contributed by atoms with van der Waals surface area (Å²) in [6.07, 6.45) is 0. The normalized spacial score (nSPS) is 13.8. The van der Waals surface area contributed by atoms with Gasteiger partial charge in [-0.25, -0.2) is 0 Å². The maximum atomic E-state index is 2.53. The lowest BCUT2D eigenvalue weighted by atomic mass is 9.78. The van der Waals surface area contributed by atoms with Crippen molar-refractivity contribution in [1.29, 1.82) is 0 Å². The Kier molecular flexibility index (Phi) is 8.58. The fraction of sp³-hybridized carbons (Fsp3) is 0.100. The Morgan fingerprint density at radius 3 is 1.30 bits per heavy atom. The van der Waals surface area contributed by atoms with Crippen LogP contribution in [0.3, 0.4) is 0 Å². The Morgan fingerprint density at radius 2 is 0.656 bits per heavy atom. The zero-order chi connectivity index (χ0) is 41.3. The second-order valence-corrected chi connectivity index (χ2v) is 17.7. The SMILES string of the molecule is CC1(C)c2ccccc2-c2ccc(-c3ccccc3N(c3ccccc3-c3ccc(-c4ccccc4)cc3)c3ccccc3-c3cccc4c3C(C)(C)c3ccccc3-4)cc21. The summed E-state index contributed by atoms with van der Waals surface area (Å²) in [5, 5.41) is 0. The third-order valence-corrected chi connectivity index (χ3v) is 13.5. The van der Waals surface area contributed by atoms with Gasteiger partial charge in [-0.2, -0.15) is 0 Å². The van der Waals surface area contributed by atoms with Gasteiger partial charge in [-0.05, 0) is 96.6 Å². The van der Waals surface area contributed by atoms with E-state index in [1.807, 2.05) is 0 Å². The molecular weight excluding hydrogens is 735 g/mol. The van der Waals surface area contributed by atoms with Crippen LogP contribution in [0, 0.1) is 0 Å². The minimum atomic E-state index is -0.175. The first-order chi connectivity index (χ1) is 29.8. The lowest BCUT2D eigenvalue weighted by Crippen LogP contribution is -2.17. The van der Waals surface area contributed by atoms with Gasteiger partial charge in [-0.3, -0.25) is 0 Å². The molecule has 1 heteroatoms. The van der Waals surface area contributed by atoms with E-state index in [2.05, 4.69) is 245 Å². The van der Waals surface area contributed by atoms with Gasteiger partial charge in [-0.15, -0.1) is 0 Å². The highest BCUT2D eigenvalue weighted by Crippen LogP contribution is 2.55. The standard InChI is InChI=1S/C60H47N/c1-59(2)52-28-13-8-23-46(52)48-38-37-43(39-54(48)59)45-22-11-16-31-56(45)61(55-30-15-10-21-44(55)42-35-33-41(34-36-42)40-19-6-5-7-20-40)57-32-17-12-25-49(57)51-27-18-26-50-47-24-9-14-29-53(47)60(3,4)58(50)51/h5-39H,1-4H3. The molecular formula is C60H47N. The van der Waals surface area contributed by atoms with Gasteiger partial charge < -0.3 is 4.90 Å².